The molecule has 0 radical (unpaired) electrons. The van der Waals surface area contributed by atoms with Crippen molar-refractivity contribution in [2.24, 2.45) is 0 Å². The minimum absolute atomic E-state index is 0.0469. The maximum atomic E-state index is 12.9. The summed E-state index contributed by atoms with van der Waals surface area (Å²) >= 11 is 3.45. The monoisotopic (exact) mass is 456 g/mol. The molecule has 0 spiro atoms. The van der Waals surface area contributed by atoms with E-state index < -0.39 is 0 Å². The number of rotatable bonds is 4. The van der Waals surface area contributed by atoms with E-state index in [-0.39, 0.29) is 29.9 Å². The molecule has 2 unspecified atom stereocenters. The van der Waals surface area contributed by atoms with E-state index in [1.165, 1.54) is 5.56 Å². The van der Waals surface area contributed by atoms with Crippen LogP contribution in [-0.2, 0) is 4.79 Å². The molecule has 0 aromatic heterocycles. The number of halogens is 1. The van der Waals surface area contributed by atoms with E-state index in [0.717, 1.165) is 23.7 Å². The first kappa shape index (κ1) is 20.1. The summed E-state index contributed by atoms with van der Waals surface area (Å²) in [5.41, 5.74) is 8.24. The Morgan fingerprint density at radius 3 is 2.34 bits per heavy atom. The summed E-state index contributed by atoms with van der Waals surface area (Å²) in [4.78, 5) is 27.1. The maximum Gasteiger partial charge on any atom is 0.251 e. The van der Waals surface area contributed by atoms with E-state index in [1.54, 1.807) is 0 Å². The van der Waals surface area contributed by atoms with Gasteiger partial charge in [-0.1, -0.05) is 46.3 Å². The number of hydrogen-bond acceptors (Lipinski definition) is 4. The zero-order valence-electron chi connectivity index (χ0n) is 16.1. The summed E-state index contributed by atoms with van der Waals surface area (Å²) in [6, 6.07) is 17.4. The molecule has 2 aromatic rings. The Kier molecular flexibility index (Phi) is 6.28. The lowest BCUT2D eigenvalue weighted by molar-refractivity contribution is -0.134. The Morgan fingerprint density at radius 1 is 0.966 bits per heavy atom. The zero-order chi connectivity index (χ0) is 20.2. The van der Waals surface area contributed by atoms with Gasteiger partial charge in [0.2, 0.25) is 5.91 Å². The largest absolute Gasteiger partial charge is 0.349 e. The highest BCUT2D eigenvalue weighted by Gasteiger charge is 2.34. The van der Waals surface area contributed by atoms with Gasteiger partial charge in [-0.25, -0.2) is 10.9 Å². The Bertz CT molecular complexity index is 851. The Labute approximate surface area is 179 Å². The molecule has 2 aliphatic rings. The minimum atomic E-state index is -0.223. The summed E-state index contributed by atoms with van der Waals surface area (Å²) in [7, 11) is 0. The molecule has 2 aromatic carbocycles. The number of benzene rings is 2. The molecule has 2 saturated heterocycles. The van der Waals surface area contributed by atoms with Crippen LogP contribution in [0, 0.1) is 0 Å². The molecular weight excluding hydrogens is 432 g/mol. The van der Waals surface area contributed by atoms with Crippen LogP contribution in [0.5, 0.6) is 0 Å². The maximum absolute atomic E-state index is 12.9. The number of piperidine rings is 1. The van der Waals surface area contributed by atoms with E-state index in [0.29, 0.717) is 18.7 Å². The van der Waals surface area contributed by atoms with Gasteiger partial charge in [0, 0.05) is 35.2 Å². The fourth-order valence-corrected chi connectivity index (χ4v) is 4.22. The standard InChI is InChI=1S/C22H25BrN4O2/c23-17-8-6-15(7-9-17)19-14-20(26-25-19)22(29)27-12-10-18(11-13-27)24-21(28)16-4-2-1-3-5-16/h1-9,18-20,25-26H,10-14H2,(H,24,28). The highest BCUT2D eigenvalue weighted by molar-refractivity contribution is 9.10. The molecular formula is C22H25BrN4O2. The smallest absolute Gasteiger partial charge is 0.251 e. The van der Waals surface area contributed by atoms with Crippen LogP contribution >= 0.6 is 15.9 Å². The quantitative estimate of drug-likeness (QED) is 0.661. The molecule has 7 heteroatoms. The highest BCUT2D eigenvalue weighted by Crippen LogP contribution is 2.25. The summed E-state index contributed by atoms with van der Waals surface area (Å²) in [5, 5.41) is 3.09. The fourth-order valence-electron chi connectivity index (χ4n) is 3.95. The van der Waals surface area contributed by atoms with Crippen molar-refractivity contribution >= 4 is 27.7 Å². The molecule has 2 heterocycles. The van der Waals surface area contributed by atoms with Gasteiger partial charge in [-0.3, -0.25) is 9.59 Å². The second kappa shape index (κ2) is 9.07. The molecule has 6 nitrogen and oxygen atoms in total. The second-order valence-electron chi connectivity index (χ2n) is 7.62. The second-order valence-corrected chi connectivity index (χ2v) is 8.54. The summed E-state index contributed by atoms with van der Waals surface area (Å²) in [5.74, 6) is 0.0827. The first-order valence-corrected chi connectivity index (χ1v) is 10.8. The van der Waals surface area contributed by atoms with Gasteiger partial charge in [0.15, 0.2) is 0 Å². The topological polar surface area (TPSA) is 73.5 Å². The highest BCUT2D eigenvalue weighted by atomic mass is 79.9. The van der Waals surface area contributed by atoms with Gasteiger partial charge in [-0.2, -0.15) is 0 Å². The van der Waals surface area contributed by atoms with E-state index in [2.05, 4.69) is 44.2 Å². The first-order valence-electron chi connectivity index (χ1n) is 10.0. The van der Waals surface area contributed by atoms with Gasteiger partial charge in [-0.15, -0.1) is 0 Å². The van der Waals surface area contributed by atoms with Gasteiger partial charge >= 0.3 is 0 Å². The number of carbonyl (C=O) groups excluding carboxylic acids is 2. The van der Waals surface area contributed by atoms with Crippen molar-refractivity contribution in [3.63, 3.8) is 0 Å². The summed E-state index contributed by atoms with van der Waals surface area (Å²) in [6.07, 6.45) is 2.28. The Hall–Kier alpha value is -2.22. The fraction of sp³-hybridized carbons (Fsp3) is 0.364. The van der Waals surface area contributed by atoms with Gasteiger partial charge in [0.05, 0.1) is 0 Å². The third-order valence-electron chi connectivity index (χ3n) is 5.65. The van der Waals surface area contributed by atoms with Gasteiger partial charge in [-0.05, 0) is 49.1 Å². The molecule has 0 bridgehead atoms. The summed E-state index contributed by atoms with van der Waals surface area (Å²) < 4.78 is 1.04. The minimum Gasteiger partial charge on any atom is -0.349 e. The Balaban J connectivity index is 1.26. The van der Waals surface area contributed by atoms with E-state index in [9.17, 15) is 9.59 Å². The molecule has 2 atom stereocenters. The van der Waals surface area contributed by atoms with Crippen molar-refractivity contribution < 1.29 is 9.59 Å². The molecule has 2 aliphatic heterocycles. The van der Waals surface area contributed by atoms with Crippen LogP contribution < -0.4 is 16.2 Å². The van der Waals surface area contributed by atoms with Gasteiger partial charge < -0.3 is 10.2 Å². The zero-order valence-corrected chi connectivity index (χ0v) is 17.7. The van der Waals surface area contributed by atoms with Crippen LogP contribution in [-0.4, -0.2) is 41.9 Å². The van der Waals surface area contributed by atoms with Crippen molar-refractivity contribution in [1.82, 2.24) is 21.1 Å². The number of hydrazine groups is 1. The first-order chi connectivity index (χ1) is 14.1. The molecule has 4 rings (SSSR count). The molecule has 3 N–H and O–H groups in total. The lowest BCUT2D eigenvalue weighted by Crippen LogP contribution is -2.51. The number of likely N-dealkylation sites (tertiary alicyclic amines) is 1. The molecule has 152 valence electrons. The van der Waals surface area contributed by atoms with Crippen LogP contribution in [0.25, 0.3) is 0 Å². The SMILES string of the molecule is O=C(NC1CCN(C(=O)C2CC(c3ccc(Br)cc3)NN2)CC1)c1ccccc1. The molecule has 0 aliphatic carbocycles. The van der Waals surface area contributed by atoms with Crippen molar-refractivity contribution in [2.75, 3.05) is 13.1 Å². The van der Waals surface area contributed by atoms with E-state index >= 15 is 0 Å². The number of amides is 2. The van der Waals surface area contributed by atoms with E-state index in [4.69, 9.17) is 0 Å². The van der Waals surface area contributed by atoms with Crippen molar-refractivity contribution in [3.05, 3.63) is 70.2 Å². The van der Waals surface area contributed by atoms with Crippen LogP contribution in [0.4, 0.5) is 0 Å². The number of nitrogens with zero attached hydrogens (tertiary/aromatic N) is 1. The number of hydrogen-bond donors (Lipinski definition) is 3. The van der Waals surface area contributed by atoms with Crippen LogP contribution in [0.3, 0.4) is 0 Å². The van der Waals surface area contributed by atoms with Crippen molar-refractivity contribution in [3.8, 4) is 0 Å². The number of nitrogens with one attached hydrogen (secondary N) is 3. The average molecular weight is 457 g/mol. The van der Waals surface area contributed by atoms with Crippen LogP contribution in [0.2, 0.25) is 0 Å². The molecule has 2 fully saturated rings. The number of carbonyl (C=O) groups is 2. The average Bonchev–Trinajstić information content (AvgIpc) is 3.25. The Morgan fingerprint density at radius 2 is 1.66 bits per heavy atom. The van der Waals surface area contributed by atoms with E-state index in [1.807, 2.05) is 47.4 Å². The normalized spacial score (nSPS) is 22.4. The van der Waals surface area contributed by atoms with Crippen LogP contribution in [0.15, 0.2) is 59.1 Å². The summed E-state index contributed by atoms with van der Waals surface area (Å²) in [6.45, 7) is 1.33. The third kappa shape index (κ3) is 4.86. The predicted octanol–water partition coefficient (Wildman–Crippen LogP) is 2.78. The lowest BCUT2D eigenvalue weighted by Gasteiger charge is -2.33. The molecule has 2 amide bonds. The van der Waals surface area contributed by atoms with Gasteiger partial charge in [0.25, 0.3) is 5.91 Å². The predicted molar refractivity (Wildman–Crippen MR) is 115 cm³/mol. The van der Waals surface area contributed by atoms with Crippen LogP contribution in [0.1, 0.15) is 41.2 Å². The van der Waals surface area contributed by atoms with Crippen molar-refractivity contribution in [1.29, 1.82) is 0 Å². The molecule has 0 saturated carbocycles. The third-order valence-corrected chi connectivity index (χ3v) is 6.18. The van der Waals surface area contributed by atoms with Gasteiger partial charge in [0.1, 0.15) is 6.04 Å². The van der Waals surface area contributed by atoms with Crippen molar-refractivity contribution in [2.45, 2.75) is 37.4 Å². The molecule has 29 heavy (non-hydrogen) atoms. The lowest BCUT2D eigenvalue weighted by atomic mass is 10.00.